The van der Waals surface area contributed by atoms with E-state index in [1.165, 1.54) is 18.2 Å². The van der Waals surface area contributed by atoms with Crippen LogP contribution in [0.15, 0.2) is 18.2 Å². The molecule has 0 aromatic heterocycles. The zero-order chi connectivity index (χ0) is 11.3. The van der Waals surface area contributed by atoms with E-state index in [0.29, 0.717) is 12.0 Å². The molecule has 0 aliphatic heterocycles. The van der Waals surface area contributed by atoms with Gasteiger partial charge in [0.15, 0.2) is 17.3 Å². The number of carbonyl (C=O) groups excluding carboxylic acids is 1. The first-order chi connectivity index (χ1) is 7.15. The highest BCUT2D eigenvalue weighted by molar-refractivity contribution is 5.96. The summed E-state index contributed by atoms with van der Waals surface area (Å²) in [4.78, 5) is 11.6. The van der Waals surface area contributed by atoms with Crippen LogP contribution in [0.25, 0.3) is 0 Å². The van der Waals surface area contributed by atoms with Crippen LogP contribution in [-0.2, 0) is 0 Å². The SMILES string of the molecule is [CH2]CCCCC(=O)c1ccc(O)c(O)c1. The van der Waals surface area contributed by atoms with Crippen molar-refractivity contribution >= 4 is 5.78 Å². The summed E-state index contributed by atoms with van der Waals surface area (Å²) in [7, 11) is 0. The highest BCUT2D eigenvalue weighted by Crippen LogP contribution is 2.25. The zero-order valence-corrected chi connectivity index (χ0v) is 8.57. The maximum absolute atomic E-state index is 11.6. The van der Waals surface area contributed by atoms with Gasteiger partial charge in [0.2, 0.25) is 0 Å². The zero-order valence-electron chi connectivity index (χ0n) is 8.57. The van der Waals surface area contributed by atoms with E-state index in [0.717, 1.165) is 19.3 Å². The lowest BCUT2D eigenvalue weighted by atomic mass is 10.0. The number of phenolic OH excluding ortho intramolecular Hbond substituents is 2. The van der Waals surface area contributed by atoms with Crippen LogP contribution >= 0.6 is 0 Å². The molecule has 1 radical (unpaired) electrons. The number of hydrogen-bond acceptors (Lipinski definition) is 3. The molecule has 0 heterocycles. The Hall–Kier alpha value is -1.51. The summed E-state index contributed by atoms with van der Waals surface area (Å²) in [5, 5.41) is 18.3. The molecule has 2 N–H and O–H groups in total. The number of benzene rings is 1. The summed E-state index contributed by atoms with van der Waals surface area (Å²) in [6.07, 6.45) is 3.02. The molecule has 3 heteroatoms. The average molecular weight is 207 g/mol. The number of Topliss-reactive ketones (excluding diaryl/α,β-unsaturated/α-hetero) is 1. The molecule has 1 aromatic carbocycles. The second kappa shape index (κ2) is 5.39. The number of carbonyl (C=O) groups is 1. The number of hydrogen-bond donors (Lipinski definition) is 2. The molecule has 1 aromatic rings. The molecule has 0 fully saturated rings. The van der Waals surface area contributed by atoms with E-state index in [-0.39, 0.29) is 17.3 Å². The Morgan fingerprint density at radius 3 is 2.53 bits per heavy atom. The molecule has 0 saturated carbocycles. The highest BCUT2D eigenvalue weighted by atomic mass is 16.3. The fourth-order valence-corrected chi connectivity index (χ4v) is 1.30. The Kier molecular flexibility index (Phi) is 4.16. The first-order valence-corrected chi connectivity index (χ1v) is 4.99. The number of aromatic hydroxyl groups is 2. The quantitative estimate of drug-likeness (QED) is 0.443. The summed E-state index contributed by atoms with van der Waals surface area (Å²) < 4.78 is 0. The van der Waals surface area contributed by atoms with Crippen LogP contribution in [0.3, 0.4) is 0 Å². The van der Waals surface area contributed by atoms with Crippen molar-refractivity contribution in [2.24, 2.45) is 0 Å². The van der Waals surface area contributed by atoms with Gasteiger partial charge in [-0.3, -0.25) is 4.79 Å². The molecule has 3 nitrogen and oxygen atoms in total. The van der Waals surface area contributed by atoms with Gasteiger partial charge in [0, 0.05) is 12.0 Å². The van der Waals surface area contributed by atoms with Gasteiger partial charge >= 0.3 is 0 Å². The smallest absolute Gasteiger partial charge is 0.163 e. The first kappa shape index (κ1) is 11.6. The van der Waals surface area contributed by atoms with Crippen molar-refractivity contribution in [3.05, 3.63) is 30.7 Å². The second-order valence-corrected chi connectivity index (χ2v) is 3.44. The van der Waals surface area contributed by atoms with Crippen molar-refractivity contribution < 1.29 is 15.0 Å². The third-order valence-corrected chi connectivity index (χ3v) is 2.20. The number of ketones is 1. The lowest BCUT2D eigenvalue weighted by Gasteiger charge is -2.02. The molecule has 15 heavy (non-hydrogen) atoms. The minimum absolute atomic E-state index is 0.0150. The standard InChI is InChI=1S/C12H15O3/c1-2-3-4-5-10(13)9-6-7-11(14)12(15)8-9/h6-8,14-15H,1-5H2. The molecule has 0 aliphatic carbocycles. The number of rotatable bonds is 5. The molecule has 0 atom stereocenters. The minimum Gasteiger partial charge on any atom is -0.504 e. The predicted molar refractivity (Wildman–Crippen MR) is 57.9 cm³/mol. The molecule has 0 spiro atoms. The molecule has 0 amide bonds. The van der Waals surface area contributed by atoms with Gasteiger partial charge in [-0.05, 0) is 24.6 Å². The van der Waals surface area contributed by atoms with Gasteiger partial charge in [0.1, 0.15) is 0 Å². The van der Waals surface area contributed by atoms with Crippen LogP contribution in [0.5, 0.6) is 11.5 Å². The van der Waals surface area contributed by atoms with E-state index < -0.39 is 0 Å². The lowest BCUT2D eigenvalue weighted by Crippen LogP contribution is -1.98. The van der Waals surface area contributed by atoms with Crippen LogP contribution in [0.1, 0.15) is 36.0 Å². The summed E-state index contributed by atoms with van der Waals surface area (Å²) in [6.45, 7) is 3.70. The Morgan fingerprint density at radius 2 is 1.93 bits per heavy atom. The third kappa shape index (κ3) is 3.27. The van der Waals surface area contributed by atoms with Crippen molar-refractivity contribution in [3.63, 3.8) is 0 Å². The summed E-state index contributed by atoms with van der Waals surface area (Å²) in [6, 6.07) is 4.13. The largest absolute Gasteiger partial charge is 0.504 e. The molecule has 1 rings (SSSR count). The Labute approximate surface area is 89.4 Å². The van der Waals surface area contributed by atoms with Crippen LogP contribution < -0.4 is 0 Å². The summed E-state index contributed by atoms with van der Waals surface area (Å²) in [5.41, 5.74) is 0.439. The normalized spacial score (nSPS) is 10.2. The van der Waals surface area contributed by atoms with Crippen molar-refractivity contribution in [1.82, 2.24) is 0 Å². The summed E-state index contributed by atoms with van der Waals surface area (Å²) >= 11 is 0. The number of unbranched alkanes of at least 4 members (excludes halogenated alkanes) is 2. The Morgan fingerprint density at radius 1 is 1.20 bits per heavy atom. The highest BCUT2D eigenvalue weighted by Gasteiger charge is 2.08. The Bertz CT molecular complexity index is 345. The molecular weight excluding hydrogens is 192 g/mol. The minimum atomic E-state index is -0.252. The Balaban J connectivity index is 2.62. The molecular formula is C12H15O3. The topological polar surface area (TPSA) is 57.5 Å². The van der Waals surface area contributed by atoms with Crippen LogP contribution in [0.2, 0.25) is 0 Å². The fourth-order valence-electron chi connectivity index (χ4n) is 1.30. The molecule has 81 valence electrons. The maximum atomic E-state index is 11.6. The van der Waals surface area contributed by atoms with Crippen molar-refractivity contribution in [2.75, 3.05) is 0 Å². The van der Waals surface area contributed by atoms with Gasteiger partial charge in [-0.25, -0.2) is 0 Å². The van der Waals surface area contributed by atoms with E-state index >= 15 is 0 Å². The second-order valence-electron chi connectivity index (χ2n) is 3.44. The van der Waals surface area contributed by atoms with Gasteiger partial charge < -0.3 is 10.2 Å². The molecule has 0 bridgehead atoms. The van der Waals surface area contributed by atoms with E-state index in [2.05, 4.69) is 6.92 Å². The number of phenols is 2. The molecule has 0 unspecified atom stereocenters. The van der Waals surface area contributed by atoms with Gasteiger partial charge in [-0.1, -0.05) is 19.8 Å². The van der Waals surface area contributed by atoms with Crippen LogP contribution in [0.4, 0.5) is 0 Å². The lowest BCUT2D eigenvalue weighted by molar-refractivity contribution is 0.0979. The van der Waals surface area contributed by atoms with Crippen LogP contribution in [-0.4, -0.2) is 16.0 Å². The van der Waals surface area contributed by atoms with Crippen molar-refractivity contribution in [1.29, 1.82) is 0 Å². The van der Waals surface area contributed by atoms with Crippen molar-refractivity contribution in [2.45, 2.75) is 25.7 Å². The van der Waals surface area contributed by atoms with E-state index in [4.69, 9.17) is 5.11 Å². The van der Waals surface area contributed by atoms with Gasteiger partial charge in [0.05, 0.1) is 0 Å². The molecule has 0 aliphatic rings. The average Bonchev–Trinajstić information content (AvgIpc) is 2.22. The van der Waals surface area contributed by atoms with E-state index in [1.54, 1.807) is 0 Å². The van der Waals surface area contributed by atoms with E-state index in [9.17, 15) is 9.90 Å². The van der Waals surface area contributed by atoms with Crippen molar-refractivity contribution in [3.8, 4) is 11.5 Å². The first-order valence-electron chi connectivity index (χ1n) is 4.99. The molecule has 0 saturated heterocycles. The monoisotopic (exact) mass is 207 g/mol. The van der Waals surface area contributed by atoms with Gasteiger partial charge in [0.25, 0.3) is 0 Å². The summed E-state index contributed by atoms with van der Waals surface area (Å²) in [5.74, 6) is -0.471. The van der Waals surface area contributed by atoms with Crippen LogP contribution in [0, 0.1) is 6.92 Å². The third-order valence-electron chi connectivity index (χ3n) is 2.20. The van der Waals surface area contributed by atoms with Gasteiger partial charge in [-0.15, -0.1) is 0 Å². The van der Waals surface area contributed by atoms with E-state index in [1.807, 2.05) is 0 Å². The van der Waals surface area contributed by atoms with Gasteiger partial charge in [-0.2, -0.15) is 0 Å². The fraction of sp³-hybridized carbons (Fsp3) is 0.333. The maximum Gasteiger partial charge on any atom is 0.163 e. The predicted octanol–water partition coefficient (Wildman–Crippen LogP) is 2.67.